The maximum atomic E-state index is 11.9. The quantitative estimate of drug-likeness (QED) is 0.674. The fourth-order valence-corrected chi connectivity index (χ4v) is 1.59. The Bertz CT molecular complexity index is 399. The molecule has 1 rings (SSSR count). The molecule has 0 saturated carbocycles. The van der Waals surface area contributed by atoms with Crippen LogP contribution in [0.2, 0.25) is 0 Å². The molecule has 0 aliphatic carbocycles. The second kappa shape index (κ2) is 9.59. The Morgan fingerprint density at radius 2 is 1.86 bits per heavy atom. The molecule has 0 amide bonds. The van der Waals surface area contributed by atoms with Gasteiger partial charge in [0.25, 0.3) is 0 Å². The zero-order valence-corrected chi connectivity index (χ0v) is 11.9. The molecular weight excluding hydrogens is 287 g/mol. The van der Waals surface area contributed by atoms with Crippen molar-refractivity contribution in [2.24, 2.45) is 0 Å². The van der Waals surface area contributed by atoms with E-state index in [1.54, 1.807) is 13.2 Å². The van der Waals surface area contributed by atoms with Crippen LogP contribution in [0.25, 0.3) is 0 Å². The van der Waals surface area contributed by atoms with Gasteiger partial charge in [0, 0.05) is 25.8 Å². The maximum Gasteiger partial charge on any atom is 0.411 e. The molecule has 0 aromatic heterocycles. The van der Waals surface area contributed by atoms with Gasteiger partial charge in [-0.1, -0.05) is 18.2 Å². The molecule has 0 heterocycles. The van der Waals surface area contributed by atoms with Gasteiger partial charge in [-0.25, -0.2) is 0 Å². The highest BCUT2D eigenvalue weighted by Gasteiger charge is 2.27. The SMILES string of the molecule is COCCNCc1ccccc1OCCOCC(F)(F)F. The Hall–Kier alpha value is -1.31. The van der Waals surface area contributed by atoms with Crippen molar-refractivity contribution in [3.8, 4) is 5.75 Å². The van der Waals surface area contributed by atoms with Crippen LogP contribution in [0.4, 0.5) is 13.2 Å². The van der Waals surface area contributed by atoms with Gasteiger partial charge in [0.2, 0.25) is 0 Å². The number of halogens is 3. The van der Waals surface area contributed by atoms with E-state index in [4.69, 9.17) is 9.47 Å². The molecule has 4 nitrogen and oxygen atoms in total. The first kappa shape index (κ1) is 17.7. The van der Waals surface area contributed by atoms with Gasteiger partial charge < -0.3 is 19.5 Å². The topological polar surface area (TPSA) is 39.7 Å². The van der Waals surface area contributed by atoms with Crippen molar-refractivity contribution in [3.05, 3.63) is 29.8 Å². The molecule has 0 saturated heterocycles. The number of hydrogen-bond donors (Lipinski definition) is 1. The van der Waals surface area contributed by atoms with Gasteiger partial charge in [0.1, 0.15) is 19.0 Å². The summed E-state index contributed by atoms with van der Waals surface area (Å²) in [5.41, 5.74) is 0.935. The maximum absolute atomic E-state index is 11.9. The Labute approximate surface area is 122 Å². The molecular formula is C14H20F3NO3. The zero-order valence-electron chi connectivity index (χ0n) is 11.9. The van der Waals surface area contributed by atoms with E-state index in [1.807, 2.05) is 18.2 Å². The van der Waals surface area contributed by atoms with Crippen molar-refractivity contribution in [2.45, 2.75) is 12.7 Å². The van der Waals surface area contributed by atoms with Crippen LogP contribution in [0.1, 0.15) is 5.56 Å². The third-order valence-corrected chi connectivity index (χ3v) is 2.52. The van der Waals surface area contributed by atoms with Gasteiger partial charge in [-0.3, -0.25) is 0 Å². The normalized spacial score (nSPS) is 11.6. The first-order chi connectivity index (χ1) is 10.0. The summed E-state index contributed by atoms with van der Waals surface area (Å²) in [5, 5.41) is 3.18. The van der Waals surface area contributed by atoms with Crippen LogP contribution in [-0.4, -0.2) is 46.3 Å². The Morgan fingerprint density at radius 3 is 2.57 bits per heavy atom. The fraction of sp³-hybridized carbons (Fsp3) is 0.571. The molecule has 7 heteroatoms. The minimum absolute atomic E-state index is 0.0746. The van der Waals surface area contributed by atoms with Gasteiger partial charge >= 0.3 is 6.18 Å². The number of alkyl halides is 3. The lowest BCUT2D eigenvalue weighted by atomic mass is 10.2. The van der Waals surface area contributed by atoms with E-state index in [0.717, 1.165) is 5.56 Å². The standard InChI is InChI=1S/C14H20F3NO3/c1-19-7-6-18-10-12-4-2-3-5-13(12)21-9-8-20-11-14(15,16)17/h2-5,18H,6-11H2,1H3. The summed E-state index contributed by atoms with van der Waals surface area (Å²) in [6.07, 6.45) is -4.30. The number of rotatable bonds is 10. The van der Waals surface area contributed by atoms with Gasteiger partial charge in [-0.2, -0.15) is 13.2 Å². The summed E-state index contributed by atoms with van der Waals surface area (Å²) in [5.74, 6) is 0.637. The molecule has 120 valence electrons. The molecule has 0 atom stereocenters. The number of ether oxygens (including phenoxy) is 3. The lowest BCUT2D eigenvalue weighted by molar-refractivity contribution is -0.175. The van der Waals surface area contributed by atoms with E-state index < -0.39 is 12.8 Å². The number of methoxy groups -OCH3 is 1. The summed E-state index contributed by atoms with van der Waals surface area (Å²) >= 11 is 0. The lowest BCUT2D eigenvalue weighted by Crippen LogP contribution is -2.20. The van der Waals surface area contributed by atoms with Crippen LogP contribution in [0, 0.1) is 0 Å². The average Bonchev–Trinajstić information content (AvgIpc) is 2.43. The van der Waals surface area contributed by atoms with Crippen LogP contribution in [-0.2, 0) is 16.0 Å². The smallest absolute Gasteiger partial charge is 0.411 e. The molecule has 0 spiro atoms. The Kier molecular flexibility index (Phi) is 8.11. The van der Waals surface area contributed by atoms with E-state index in [2.05, 4.69) is 10.1 Å². The number of benzene rings is 1. The van der Waals surface area contributed by atoms with Gasteiger partial charge in [0.15, 0.2) is 0 Å². The molecule has 1 N–H and O–H groups in total. The van der Waals surface area contributed by atoms with Crippen LogP contribution in [0.15, 0.2) is 24.3 Å². The Balaban J connectivity index is 2.30. The minimum Gasteiger partial charge on any atom is -0.491 e. The highest BCUT2D eigenvalue weighted by molar-refractivity contribution is 5.33. The summed E-state index contributed by atoms with van der Waals surface area (Å²) in [4.78, 5) is 0. The van der Waals surface area contributed by atoms with E-state index in [9.17, 15) is 13.2 Å². The van der Waals surface area contributed by atoms with E-state index in [-0.39, 0.29) is 13.2 Å². The molecule has 1 aromatic rings. The highest BCUT2D eigenvalue weighted by atomic mass is 19.4. The molecule has 0 unspecified atom stereocenters. The second-order valence-electron chi connectivity index (χ2n) is 4.29. The van der Waals surface area contributed by atoms with Crippen LogP contribution in [0.5, 0.6) is 5.75 Å². The largest absolute Gasteiger partial charge is 0.491 e. The van der Waals surface area contributed by atoms with Gasteiger partial charge in [-0.05, 0) is 6.07 Å². The molecule has 0 radical (unpaired) electrons. The predicted octanol–water partition coefficient (Wildman–Crippen LogP) is 2.38. The lowest BCUT2D eigenvalue weighted by Gasteiger charge is -2.13. The van der Waals surface area contributed by atoms with Crippen molar-refractivity contribution in [1.82, 2.24) is 5.32 Å². The third-order valence-electron chi connectivity index (χ3n) is 2.52. The minimum atomic E-state index is -4.30. The third kappa shape index (κ3) is 8.54. The summed E-state index contributed by atoms with van der Waals surface area (Å²) in [6.45, 7) is 0.628. The monoisotopic (exact) mass is 307 g/mol. The average molecular weight is 307 g/mol. The van der Waals surface area contributed by atoms with Crippen molar-refractivity contribution >= 4 is 0 Å². The predicted molar refractivity (Wildman–Crippen MR) is 72.4 cm³/mol. The van der Waals surface area contributed by atoms with Crippen LogP contribution in [0.3, 0.4) is 0 Å². The van der Waals surface area contributed by atoms with Crippen molar-refractivity contribution in [3.63, 3.8) is 0 Å². The second-order valence-corrected chi connectivity index (χ2v) is 4.29. The first-order valence-corrected chi connectivity index (χ1v) is 6.58. The molecule has 21 heavy (non-hydrogen) atoms. The molecule has 1 aromatic carbocycles. The molecule has 0 aliphatic heterocycles. The van der Waals surface area contributed by atoms with Crippen molar-refractivity contribution in [2.75, 3.05) is 40.1 Å². The van der Waals surface area contributed by atoms with E-state index in [0.29, 0.717) is 25.4 Å². The van der Waals surface area contributed by atoms with Crippen LogP contribution >= 0.6 is 0 Å². The van der Waals surface area contributed by atoms with E-state index in [1.165, 1.54) is 0 Å². The molecule has 0 aliphatic rings. The Morgan fingerprint density at radius 1 is 1.10 bits per heavy atom. The summed E-state index contributed by atoms with van der Waals surface area (Å²) < 4.78 is 50.5. The van der Waals surface area contributed by atoms with Crippen molar-refractivity contribution in [1.29, 1.82) is 0 Å². The fourth-order valence-electron chi connectivity index (χ4n) is 1.59. The van der Waals surface area contributed by atoms with Gasteiger partial charge in [0.05, 0.1) is 13.2 Å². The summed E-state index contributed by atoms with van der Waals surface area (Å²) in [6, 6.07) is 7.35. The first-order valence-electron chi connectivity index (χ1n) is 6.58. The number of hydrogen-bond acceptors (Lipinski definition) is 4. The number of nitrogens with one attached hydrogen (secondary N) is 1. The van der Waals surface area contributed by atoms with E-state index >= 15 is 0 Å². The number of para-hydroxylation sites is 1. The van der Waals surface area contributed by atoms with Gasteiger partial charge in [-0.15, -0.1) is 0 Å². The van der Waals surface area contributed by atoms with Crippen LogP contribution < -0.4 is 10.1 Å². The van der Waals surface area contributed by atoms with Crippen molar-refractivity contribution < 1.29 is 27.4 Å². The molecule has 0 bridgehead atoms. The highest BCUT2D eigenvalue weighted by Crippen LogP contribution is 2.18. The molecule has 0 fully saturated rings. The zero-order chi connectivity index (χ0) is 15.6. The summed E-state index contributed by atoms with van der Waals surface area (Å²) in [7, 11) is 1.62.